The van der Waals surface area contributed by atoms with Crippen molar-refractivity contribution in [2.24, 2.45) is 0 Å². The maximum atomic E-state index is 12.5. The number of benzene rings is 1. The molecule has 1 aliphatic heterocycles. The molecule has 1 aromatic carbocycles. The van der Waals surface area contributed by atoms with Crippen LogP contribution in [0.1, 0.15) is 37.3 Å². The number of carbonyl (C=O) groups excluding carboxylic acids is 1. The number of nitrogens with one attached hydrogen (secondary N) is 2. The highest BCUT2D eigenvalue weighted by molar-refractivity contribution is 7.89. The summed E-state index contributed by atoms with van der Waals surface area (Å²) in [6.45, 7) is 8.01. The summed E-state index contributed by atoms with van der Waals surface area (Å²) >= 11 is 1.79. The molecule has 1 unspecified atom stereocenters. The molecule has 152 valence electrons. The van der Waals surface area contributed by atoms with Crippen molar-refractivity contribution in [3.8, 4) is 0 Å². The Hall–Kier alpha value is -1.74. The largest absolute Gasteiger partial charge is 0.321 e. The number of thiophene rings is 1. The van der Waals surface area contributed by atoms with E-state index < -0.39 is 10.0 Å². The minimum Gasteiger partial charge on any atom is -0.321 e. The van der Waals surface area contributed by atoms with E-state index in [1.165, 1.54) is 19.6 Å². The Morgan fingerprint density at radius 2 is 1.89 bits per heavy atom. The van der Waals surface area contributed by atoms with E-state index in [-0.39, 0.29) is 10.8 Å². The molecule has 28 heavy (non-hydrogen) atoms. The van der Waals surface area contributed by atoms with Gasteiger partial charge in [0.1, 0.15) is 6.04 Å². The van der Waals surface area contributed by atoms with Crippen LogP contribution in [0.3, 0.4) is 0 Å². The second-order valence-electron chi connectivity index (χ2n) is 7.02. The van der Waals surface area contributed by atoms with Crippen molar-refractivity contribution in [3.63, 3.8) is 0 Å². The molecular formula is C20H28N3O3S2+. The maximum Gasteiger partial charge on any atom is 0.279 e. The fourth-order valence-corrected chi connectivity index (χ4v) is 6.16. The molecule has 1 aromatic heterocycles. The van der Waals surface area contributed by atoms with Crippen molar-refractivity contribution in [2.45, 2.75) is 38.1 Å². The minimum atomic E-state index is -3.48. The number of amides is 1. The number of carbonyl (C=O) groups is 1. The molecule has 0 fully saturated rings. The third kappa shape index (κ3) is 4.30. The van der Waals surface area contributed by atoms with Crippen molar-refractivity contribution >= 4 is 33.0 Å². The molecule has 1 amide bonds. The van der Waals surface area contributed by atoms with Crippen molar-refractivity contribution in [1.29, 1.82) is 0 Å². The molecule has 0 aliphatic carbocycles. The lowest BCUT2D eigenvalue weighted by Gasteiger charge is -2.29. The van der Waals surface area contributed by atoms with E-state index in [9.17, 15) is 13.2 Å². The van der Waals surface area contributed by atoms with Gasteiger partial charge in [0.2, 0.25) is 10.0 Å². The summed E-state index contributed by atoms with van der Waals surface area (Å²) in [6.07, 6.45) is 1.01. The standard InChI is InChI=1S/C20H27N3O3S2/c1-4-23(5-2)28(25,26)17-8-6-16(7-9-17)21-20(24)14-22-12-10-19-18(15(22)3)11-13-27-19/h6-9,11,13,15H,4-5,10,12,14H2,1-3H3,(H,21,24)/p+1/t15-/m1/s1. The number of hydrogen-bond acceptors (Lipinski definition) is 4. The number of fused-ring (bicyclic) bond motifs is 1. The van der Waals surface area contributed by atoms with Gasteiger partial charge in [-0.15, -0.1) is 11.3 Å². The molecule has 2 aromatic rings. The van der Waals surface area contributed by atoms with Gasteiger partial charge in [-0.3, -0.25) is 4.79 Å². The lowest BCUT2D eigenvalue weighted by atomic mass is 10.0. The first-order chi connectivity index (χ1) is 13.4. The highest BCUT2D eigenvalue weighted by Gasteiger charge is 2.29. The van der Waals surface area contributed by atoms with Gasteiger partial charge in [-0.2, -0.15) is 4.31 Å². The van der Waals surface area contributed by atoms with E-state index in [4.69, 9.17) is 0 Å². The van der Waals surface area contributed by atoms with E-state index in [2.05, 4.69) is 23.7 Å². The molecule has 2 heterocycles. The third-order valence-corrected chi connectivity index (χ3v) is 8.46. The lowest BCUT2D eigenvalue weighted by Crippen LogP contribution is -3.14. The number of quaternary nitrogens is 1. The van der Waals surface area contributed by atoms with Crippen LogP contribution in [-0.4, -0.2) is 44.8 Å². The van der Waals surface area contributed by atoms with Crippen molar-refractivity contribution < 1.29 is 18.1 Å². The Bertz CT molecular complexity index is 918. The molecule has 3 rings (SSSR count). The van der Waals surface area contributed by atoms with E-state index in [1.54, 1.807) is 35.6 Å². The first kappa shape index (κ1) is 21.0. The first-order valence-electron chi connectivity index (χ1n) is 9.67. The summed E-state index contributed by atoms with van der Waals surface area (Å²) in [6, 6.07) is 8.88. The molecule has 1 aliphatic rings. The number of rotatable bonds is 7. The van der Waals surface area contributed by atoms with Gasteiger partial charge >= 0.3 is 0 Å². The fourth-order valence-electron chi connectivity index (χ4n) is 3.73. The molecule has 6 nitrogen and oxygen atoms in total. The van der Waals surface area contributed by atoms with Crippen LogP contribution in [0.15, 0.2) is 40.6 Å². The predicted octanol–water partition coefficient (Wildman–Crippen LogP) is 1.92. The Balaban J connectivity index is 1.62. The monoisotopic (exact) mass is 422 g/mol. The second-order valence-corrected chi connectivity index (χ2v) is 9.96. The van der Waals surface area contributed by atoms with Crippen LogP contribution in [0, 0.1) is 0 Å². The molecule has 8 heteroatoms. The summed E-state index contributed by atoms with van der Waals surface area (Å²) in [4.78, 5) is 15.4. The summed E-state index contributed by atoms with van der Waals surface area (Å²) < 4.78 is 26.5. The highest BCUT2D eigenvalue weighted by atomic mass is 32.2. The number of anilines is 1. The van der Waals surface area contributed by atoms with Gasteiger partial charge < -0.3 is 10.2 Å². The topological polar surface area (TPSA) is 70.9 Å². The van der Waals surface area contributed by atoms with Gasteiger partial charge in [0.15, 0.2) is 6.54 Å². The molecule has 0 spiro atoms. The zero-order chi connectivity index (χ0) is 20.3. The SMILES string of the molecule is CCN(CC)S(=O)(=O)c1ccc(NC(=O)C[NH+]2CCc3sccc3[C@H]2C)cc1. The Morgan fingerprint density at radius 3 is 2.54 bits per heavy atom. The fraction of sp³-hybridized carbons (Fsp3) is 0.450. The molecular weight excluding hydrogens is 394 g/mol. The number of nitrogens with zero attached hydrogens (tertiary/aromatic N) is 1. The third-order valence-electron chi connectivity index (χ3n) is 5.40. The molecule has 0 saturated carbocycles. The summed E-state index contributed by atoms with van der Waals surface area (Å²) in [7, 11) is -3.48. The van der Waals surface area contributed by atoms with Crippen LogP contribution in [0.4, 0.5) is 5.69 Å². The second kappa shape index (κ2) is 8.73. The van der Waals surface area contributed by atoms with E-state index in [0.29, 0.717) is 31.4 Å². The van der Waals surface area contributed by atoms with Crippen LogP contribution in [-0.2, 0) is 21.2 Å². The van der Waals surface area contributed by atoms with Crippen molar-refractivity contribution in [1.82, 2.24) is 4.31 Å². The van der Waals surface area contributed by atoms with Crippen LogP contribution in [0.5, 0.6) is 0 Å². The van der Waals surface area contributed by atoms with Crippen LogP contribution >= 0.6 is 11.3 Å². The first-order valence-corrected chi connectivity index (χ1v) is 12.0. The summed E-state index contributed by atoms with van der Waals surface area (Å²) in [5, 5.41) is 5.02. The summed E-state index contributed by atoms with van der Waals surface area (Å²) in [5.74, 6) is -0.0557. The van der Waals surface area contributed by atoms with Gasteiger partial charge in [0.25, 0.3) is 5.91 Å². The van der Waals surface area contributed by atoms with Gasteiger partial charge in [-0.25, -0.2) is 8.42 Å². The maximum absolute atomic E-state index is 12.5. The minimum absolute atomic E-state index is 0.0557. The van der Waals surface area contributed by atoms with Crippen molar-refractivity contribution in [2.75, 3.05) is 31.5 Å². The van der Waals surface area contributed by atoms with E-state index in [1.807, 2.05) is 13.8 Å². The average molecular weight is 423 g/mol. The summed E-state index contributed by atoms with van der Waals surface area (Å²) in [5.41, 5.74) is 1.97. The van der Waals surface area contributed by atoms with E-state index in [0.717, 1.165) is 13.0 Å². The molecule has 0 bridgehead atoms. The van der Waals surface area contributed by atoms with Crippen LogP contribution < -0.4 is 10.2 Å². The van der Waals surface area contributed by atoms with Gasteiger partial charge in [-0.1, -0.05) is 13.8 Å². The Kier molecular flexibility index (Phi) is 6.54. The lowest BCUT2D eigenvalue weighted by molar-refractivity contribution is -0.923. The molecule has 2 N–H and O–H groups in total. The van der Waals surface area contributed by atoms with Crippen LogP contribution in [0.2, 0.25) is 0 Å². The Labute approximate surface area is 171 Å². The number of hydrogen-bond donors (Lipinski definition) is 2. The zero-order valence-electron chi connectivity index (χ0n) is 16.6. The normalized spacial score (nSPS) is 19.4. The zero-order valence-corrected chi connectivity index (χ0v) is 18.2. The van der Waals surface area contributed by atoms with Crippen LogP contribution in [0.25, 0.3) is 0 Å². The predicted molar refractivity (Wildman–Crippen MR) is 112 cm³/mol. The van der Waals surface area contributed by atoms with Gasteiger partial charge in [0.05, 0.1) is 11.4 Å². The van der Waals surface area contributed by atoms with Crippen molar-refractivity contribution in [3.05, 3.63) is 46.2 Å². The highest BCUT2D eigenvalue weighted by Crippen LogP contribution is 2.24. The van der Waals surface area contributed by atoms with Gasteiger partial charge in [0, 0.05) is 35.6 Å². The van der Waals surface area contributed by atoms with E-state index >= 15 is 0 Å². The molecule has 0 saturated heterocycles. The number of sulfonamides is 1. The van der Waals surface area contributed by atoms with Gasteiger partial charge in [-0.05, 0) is 42.6 Å². The smallest absolute Gasteiger partial charge is 0.279 e. The molecule has 0 radical (unpaired) electrons. The average Bonchev–Trinajstić information content (AvgIpc) is 3.15. The Morgan fingerprint density at radius 1 is 1.21 bits per heavy atom. The molecule has 2 atom stereocenters. The quantitative estimate of drug-likeness (QED) is 0.716.